The molecule has 0 unspecified atom stereocenters. The number of hydrogen-bond donors (Lipinski definition) is 1. The van der Waals surface area contributed by atoms with Gasteiger partial charge in [0.2, 0.25) is 0 Å². The highest BCUT2D eigenvalue weighted by molar-refractivity contribution is 6.31. The molecule has 0 heterocycles. The quantitative estimate of drug-likeness (QED) is 0.731. The van der Waals surface area contributed by atoms with Crippen molar-refractivity contribution in [1.29, 1.82) is 0 Å². The molecule has 1 amide bonds. The van der Waals surface area contributed by atoms with Crippen LogP contribution in [0.4, 0.5) is 9.18 Å². The van der Waals surface area contributed by atoms with Crippen LogP contribution in [-0.4, -0.2) is 31.5 Å². The zero-order chi connectivity index (χ0) is 20.0. The molecule has 146 valence electrons. The van der Waals surface area contributed by atoms with Crippen LogP contribution in [-0.2, 0) is 15.9 Å². The molecule has 2 aromatic carbocycles. The minimum absolute atomic E-state index is 0.0956. The van der Waals surface area contributed by atoms with Gasteiger partial charge in [0.1, 0.15) is 11.4 Å². The van der Waals surface area contributed by atoms with Crippen molar-refractivity contribution in [3.63, 3.8) is 0 Å². The number of hydrogen-bond acceptors (Lipinski definition) is 3. The number of alkyl carbamates (subject to hydrolysis) is 1. The average Bonchev–Trinajstić information content (AvgIpc) is 2.56. The van der Waals surface area contributed by atoms with E-state index in [1.807, 2.05) is 45.0 Å². The highest BCUT2D eigenvalue weighted by Gasteiger charge is 2.19. The van der Waals surface area contributed by atoms with Gasteiger partial charge in [0, 0.05) is 7.11 Å². The number of carbonyl (C=O) groups is 1. The van der Waals surface area contributed by atoms with Crippen molar-refractivity contribution in [3.05, 3.63) is 58.9 Å². The number of nitrogens with one attached hydrogen (secondary N) is 1. The molecule has 0 aromatic heterocycles. The molecule has 1 N–H and O–H groups in total. The molecule has 6 heteroatoms. The summed E-state index contributed by atoms with van der Waals surface area (Å²) in [6.45, 7) is 5.82. The second-order valence-corrected chi connectivity index (χ2v) is 7.74. The molecule has 0 aliphatic heterocycles. The lowest BCUT2D eigenvalue weighted by Crippen LogP contribution is -2.42. The van der Waals surface area contributed by atoms with Crippen LogP contribution in [0, 0.1) is 5.82 Å². The van der Waals surface area contributed by atoms with Gasteiger partial charge in [-0.15, -0.1) is 0 Å². The van der Waals surface area contributed by atoms with E-state index in [1.54, 1.807) is 19.2 Å². The van der Waals surface area contributed by atoms with Gasteiger partial charge in [-0.1, -0.05) is 41.9 Å². The smallest absolute Gasteiger partial charge is 0.407 e. The van der Waals surface area contributed by atoms with Crippen LogP contribution in [0.15, 0.2) is 42.5 Å². The first-order chi connectivity index (χ1) is 12.7. The van der Waals surface area contributed by atoms with Crippen molar-refractivity contribution in [2.45, 2.75) is 38.8 Å². The summed E-state index contributed by atoms with van der Waals surface area (Å²) in [7, 11) is 1.59. The molecule has 0 bridgehead atoms. The first-order valence-corrected chi connectivity index (χ1v) is 9.08. The van der Waals surface area contributed by atoms with Crippen LogP contribution in [0.25, 0.3) is 11.1 Å². The third kappa shape index (κ3) is 6.85. The molecular formula is C21H25ClFNO3. The number of rotatable bonds is 6. The predicted molar refractivity (Wildman–Crippen MR) is 106 cm³/mol. The molecule has 1 atom stereocenters. The Morgan fingerprint density at radius 1 is 1.15 bits per heavy atom. The van der Waals surface area contributed by atoms with Crippen LogP contribution in [0.1, 0.15) is 26.3 Å². The number of halogens is 2. The standard InChI is InChI=1S/C21H25ClFNO3/c1-21(2,3)27-20(25)24-17(13-26-4)11-14-5-7-15(8-6-14)16-9-10-19(23)18(22)12-16/h5-10,12,17H,11,13H2,1-4H3,(H,24,25)/t17-/m1/s1. The number of carbonyl (C=O) groups excluding carboxylic acids is 1. The lowest BCUT2D eigenvalue weighted by atomic mass is 10.0. The normalized spacial score (nSPS) is 12.5. The first-order valence-electron chi connectivity index (χ1n) is 8.71. The summed E-state index contributed by atoms with van der Waals surface area (Å²) in [6, 6.07) is 12.2. The molecule has 2 aromatic rings. The topological polar surface area (TPSA) is 47.6 Å². The molecule has 4 nitrogen and oxygen atoms in total. The third-order valence-corrected chi connectivity index (χ3v) is 4.07. The SMILES string of the molecule is COC[C@@H](Cc1ccc(-c2ccc(F)c(Cl)c2)cc1)NC(=O)OC(C)(C)C. The Morgan fingerprint density at radius 3 is 2.33 bits per heavy atom. The maximum absolute atomic E-state index is 13.3. The highest BCUT2D eigenvalue weighted by atomic mass is 35.5. The van der Waals surface area contributed by atoms with E-state index in [0.29, 0.717) is 13.0 Å². The fourth-order valence-corrected chi connectivity index (χ4v) is 2.80. The summed E-state index contributed by atoms with van der Waals surface area (Å²) in [5.41, 5.74) is 2.25. The van der Waals surface area contributed by atoms with Gasteiger partial charge >= 0.3 is 6.09 Å². The largest absolute Gasteiger partial charge is 0.444 e. The van der Waals surface area contributed by atoms with Gasteiger partial charge < -0.3 is 14.8 Å². The Hall–Kier alpha value is -2.11. The summed E-state index contributed by atoms with van der Waals surface area (Å²) >= 11 is 5.85. The lowest BCUT2D eigenvalue weighted by Gasteiger charge is -2.23. The third-order valence-electron chi connectivity index (χ3n) is 3.78. The average molecular weight is 394 g/mol. The number of ether oxygens (including phenoxy) is 2. The summed E-state index contributed by atoms with van der Waals surface area (Å²) in [5.74, 6) is -0.437. The van der Waals surface area contributed by atoms with Gasteiger partial charge in [0.15, 0.2) is 0 Å². The van der Waals surface area contributed by atoms with Crippen molar-refractivity contribution >= 4 is 17.7 Å². The highest BCUT2D eigenvalue weighted by Crippen LogP contribution is 2.25. The maximum Gasteiger partial charge on any atom is 0.407 e. The zero-order valence-electron chi connectivity index (χ0n) is 16.0. The van der Waals surface area contributed by atoms with Crippen molar-refractivity contribution in [2.75, 3.05) is 13.7 Å². The van der Waals surface area contributed by atoms with Crippen molar-refractivity contribution < 1.29 is 18.7 Å². The van der Waals surface area contributed by atoms with Gasteiger partial charge in [-0.2, -0.15) is 0 Å². The lowest BCUT2D eigenvalue weighted by molar-refractivity contribution is 0.0469. The molecule has 0 aliphatic rings. The summed E-state index contributed by atoms with van der Waals surface area (Å²) < 4.78 is 23.8. The molecule has 0 saturated heterocycles. The van der Waals surface area contributed by atoms with E-state index in [4.69, 9.17) is 21.1 Å². The number of methoxy groups -OCH3 is 1. The van der Waals surface area contributed by atoms with Crippen LogP contribution in [0.5, 0.6) is 0 Å². The molecular weight excluding hydrogens is 369 g/mol. The van der Waals surface area contributed by atoms with Crippen LogP contribution in [0.2, 0.25) is 5.02 Å². The fraction of sp³-hybridized carbons (Fsp3) is 0.381. The minimum Gasteiger partial charge on any atom is -0.444 e. The number of benzene rings is 2. The van der Waals surface area contributed by atoms with Gasteiger partial charge in [-0.25, -0.2) is 9.18 Å². The Kier molecular flexibility index (Phi) is 7.22. The van der Waals surface area contributed by atoms with E-state index in [9.17, 15) is 9.18 Å². The second kappa shape index (κ2) is 9.20. The molecule has 2 rings (SSSR count). The van der Waals surface area contributed by atoms with Crippen molar-refractivity contribution in [1.82, 2.24) is 5.32 Å². The molecule has 0 fully saturated rings. The minimum atomic E-state index is -0.556. The van der Waals surface area contributed by atoms with Gasteiger partial charge in [0.05, 0.1) is 17.7 Å². The second-order valence-electron chi connectivity index (χ2n) is 7.33. The van der Waals surface area contributed by atoms with E-state index in [1.165, 1.54) is 6.07 Å². The van der Waals surface area contributed by atoms with E-state index in [2.05, 4.69) is 5.32 Å². The molecule has 0 spiro atoms. The van der Waals surface area contributed by atoms with Gasteiger partial charge in [-0.05, 0) is 56.0 Å². The van der Waals surface area contributed by atoms with E-state index >= 15 is 0 Å². The molecule has 0 saturated carbocycles. The Bertz CT molecular complexity index is 772. The molecule has 27 heavy (non-hydrogen) atoms. The molecule has 0 radical (unpaired) electrons. The fourth-order valence-electron chi connectivity index (χ4n) is 2.62. The predicted octanol–water partition coefficient (Wildman–Crippen LogP) is 5.23. The van der Waals surface area contributed by atoms with E-state index in [-0.39, 0.29) is 11.1 Å². The van der Waals surface area contributed by atoms with E-state index < -0.39 is 17.5 Å². The summed E-state index contributed by atoms with van der Waals surface area (Å²) in [5, 5.41) is 2.93. The maximum atomic E-state index is 13.3. The first kappa shape index (κ1) is 21.2. The van der Waals surface area contributed by atoms with Crippen LogP contribution < -0.4 is 5.32 Å². The number of amides is 1. The Morgan fingerprint density at radius 2 is 1.78 bits per heavy atom. The molecule has 0 aliphatic carbocycles. The zero-order valence-corrected chi connectivity index (χ0v) is 16.8. The van der Waals surface area contributed by atoms with Gasteiger partial charge in [-0.3, -0.25) is 0 Å². The summed E-state index contributed by atoms with van der Waals surface area (Å²) in [4.78, 5) is 12.0. The van der Waals surface area contributed by atoms with E-state index in [0.717, 1.165) is 16.7 Å². The van der Waals surface area contributed by atoms with Gasteiger partial charge in [0.25, 0.3) is 0 Å². The monoisotopic (exact) mass is 393 g/mol. The van der Waals surface area contributed by atoms with Crippen LogP contribution in [0.3, 0.4) is 0 Å². The summed E-state index contributed by atoms with van der Waals surface area (Å²) in [6.07, 6.45) is 0.125. The van der Waals surface area contributed by atoms with Crippen molar-refractivity contribution in [2.24, 2.45) is 0 Å². The van der Waals surface area contributed by atoms with Crippen molar-refractivity contribution in [3.8, 4) is 11.1 Å². The Labute approximate surface area is 164 Å². The van der Waals surface area contributed by atoms with Crippen LogP contribution >= 0.6 is 11.6 Å². The Balaban J connectivity index is 2.05.